The van der Waals surface area contributed by atoms with Crippen LogP contribution in [0.15, 0.2) is 12.3 Å². The molecule has 1 aliphatic heterocycles. The molecule has 0 aromatic carbocycles. The summed E-state index contributed by atoms with van der Waals surface area (Å²) in [4.78, 5) is 13.0. The highest BCUT2D eigenvalue weighted by molar-refractivity contribution is 5.42. The maximum Gasteiger partial charge on any atom is 0.239 e. The zero-order valence-corrected chi connectivity index (χ0v) is 10.4. The summed E-state index contributed by atoms with van der Waals surface area (Å²) >= 11 is 0. The third-order valence-electron chi connectivity index (χ3n) is 3.22. The Labute approximate surface area is 102 Å². The van der Waals surface area contributed by atoms with Crippen LogP contribution in [0.2, 0.25) is 0 Å². The number of piperidine rings is 1. The SMILES string of the molecule is CN(C)C1CCCN(c2ccnc(NN)n2)C1. The molecule has 2 heterocycles. The number of rotatable bonds is 3. The molecule has 3 N–H and O–H groups in total. The molecule has 1 atom stereocenters. The molecule has 0 amide bonds. The normalized spacial score (nSPS) is 20.7. The Morgan fingerprint density at radius 2 is 2.35 bits per heavy atom. The van der Waals surface area contributed by atoms with E-state index in [9.17, 15) is 0 Å². The van der Waals surface area contributed by atoms with Gasteiger partial charge in [-0.1, -0.05) is 0 Å². The molecule has 94 valence electrons. The summed E-state index contributed by atoms with van der Waals surface area (Å²) < 4.78 is 0. The minimum absolute atomic E-state index is 0.467. The minimum Gasteiger partial charge on any atom is -0.355 e. The van der Waals surface area contributed by atoms with Gasteiger partial charge in [-0.25, -0.2) is 10.8 Å². The molecule has 1 aromatic rings. The summed E-state index contributed by atoms with van der Waals surface area (Å²) in [6.07, 6.45) is 4.17. The molecule has 0 aliphatic carbocycles. The van der Waals surface area contributed by atoms with Crippen LogP contribution >= 0.6 is 0 Å². The number of nitrogens with one attached hydrogen (secondary N) is 1. The third kappa shape index (κ3) is 2.83. The molecule has 1 aliphatic rings. The number of nitrogen functional groups attached to an aromatic ring is 1. The maximum atomic E-state index is 5.32. The first kappa shape index (κ1) is 12.1. The van der Waals surface area contributed by atoms with Crippen molar-refractivity contribution in [3.63, 3.8) is 0 Å². The molecule has 17 heavy (non-hydrogen) atoms. The van der Waals surface area contributed by atoms with Crippen molar-refractivity contribution in [3.05, 3.63) is 12.3 Å². The quantitative estimate of drug-likeness (QED) is 0.581. The van der Waals surface area contributed by atoms with E-state index < -0.39 is 0 Å². The predicted molar refractivity (Wildman–Crippen MR) is 68.8 cm³/mol. The fourth-order valence-electron chi connectivity index (χ4n) is 2.18. The first-order valence-electron chi connectivity index (χ1n) is 5.91. The average molecular weight is 236 g/mol. The lowest BCUT2D eigenvalue weighted by atomic mass is 10.1. The molecule has 0 spiro atoms. The molecule has 1 aromatic heterocycles. The largest absolute Gasteiger partial charge is 0.355 e. The fraction of sp³-hybridized carbons (Fsp3) is 0.636. The van der Waals surface area contributed by atoms with E-state index in [0.29, 0.717) is 12.0 Å². The average Bonchev–Trinajstić information content (AvgIpc) is 2.39. The molecule has 1 saturated heterocycles. The number of likely N-dealkylation sites (N-methyl/N-ethyl adjacent to an activating group) is 1. The third-order valence-corrected chi connectivity index (χ3v) is 3.22. The smallest absolute Gasteiger partial charge is 0.239 e. The Kier molecular flexibility index (Phi) is 3.75. The lowest BCUT2D eigenvalue weighted by Crippen LogP contribution is -2.45. The van der Waals surface area contributed by atoms with Crippen LogP contribution in [0.5, 0.6) is 0 Å². The van der Waals surface area contributed by atoms with Gasteiger partial charge in [0.1, 0.15) is 5.82 Å². The number of anilines is 2. The second-order valence-electron chi connectivity index (χ2n) is 4.59. The predicted octanol–water partition coefficient (Wildman–Crippen LogP) is 0.293. The molecule has 2 rings (SSSR count). The van der Waals surface area contributed by atoms with Gasteiger partial charge >= 0.3 is 0 Å². The topological polar surface area (TPSA) is 70.3 Å². The van der Waals surface area contributed by atoms with E-state index in [1.807, 2.05) is 6.07 Å². The van der Waals surface area contributed by atoms with E-state index >= 15 is 0 Å². The summed E-state index contributed by atoms with van der Waals surface area (Å²) in [5, 5.41) is 0. The van der Waals surface area contributed by atoms with Gasteiger partial charge in [-0.15, -0.1) is 0 Å². The Hall–Kier alpha value is -1.40. The van der Waals surface area contributed by atoms with Crippen molar-refractivity contribution in [1.29, 1.82) is 0 Å². The standard InChI is InChI=1S/C11H20N6/c1-16(2)9-4-3-7-17(8-9)10-5-6-13-11(14-10)15-12/h5-6,9H,3-4,7-8,12H2,1-2H3,(H,13,14,15). The van der Waals surface area contributed by atoms with Crippen molar-refractivity contribution in [2.75, 3.05) is 37.5 Å². The summed E-state index contributed by atoms with van der Waals surface area (Å²) in [6.45, 7) is 2.05. The highest BCUT2D eigenvalue weighted by atomic mass is 15.3. The van der Waals surface area contributed by atoms with Crippen molar-refractivity contribution < 1.29 is 0 Å². The Morgan fingerprint density at radius 1 is 1.53 bits per heavy atom. The number of nitrogens with two attached hydrogens (primary N) is 1. The van der Waals surface area contributed by atoms with Gasteiger partial charge in [0.2, 0.25) is 5.95 Å². The van der Waals surface area contributed by atoms with Gasteiger partial charge in [0.05, 0.1) is 0 Å². The van der Waals surface area contributed by atoms with E-state index in [4.69, 9.17) is 5.84 Å². The van der Waals surface area contributed by atoms with Crippen LogP contribution in [0.3, 0.4) is 0 Å². The van der Waals surface area contributed by atoms with E-state index in [-0.39, 0.29) is 0 Å². The van der Waals surface area contributed by atoms with Gasteiger partial charge in [-0.05, 0) is 33.0 Å². The van der Waals surface area contributed by atoms with Gasteiger partial charge in [0.15, 0.2) is 0 Å². The zero-order valence-electron chi connectivity index (χ0n) is 10.4. The van der Waals surface area contributed by atoms with Gasteiger partial charge < -0.3 is 9.80 Å². The first-order chi connectivity index (χ1) is 8.20. The molecular formula is C11H20N6. The van der Waals surface area contributed by atoms with Crippen molar-refractivity contribution in [3.8, 4) is 0 Å². The van der Waals surface area contributed by atoms with Crippen molar-refractivity contribution in [2.24, 2.45) is 5.84 Å². The Bertz CT molecular complexity index is 367. The highest BCUT2D eigenvalue weighted by Crippen LogP contribution is 2.20. The first-order valence-corrected chi connectivity index (χ1v) is 5.91. The summed E-state index contributed by atoms with van der Waals surface area (Å²) in [5.74, 6) is 6.73. The Balaban J connectivity index is 2.10. The highest BCUT2D eigenvalue weighted by Gasteiger charge is 2.22. The van der Waals surface area contributed by atoms with Crippen molar-refractivity contribution in [1.82, 2.24) is 14.9 Å². The van der Waals surface area contributed by atoms with Gasteiger partial charge in [-0.3, -0.25) is 5.43 Å². The van der Waals surface area contributed by atoms with Gasteiger partial charge in [0, 0.05) is 25.3 Å². The monoisotopic (exact) mass is 236 g/mol. The lowest BCUT2D eigenvalue weighted by Gasteiger charge is -2.36. The van der Waals surface area contributed by atoms with Gasteiger partial charge in [0.25, 0.3) is 0 Å². The van der Waals surface area contributed by atoms with Crippen LogP contribution in [0.1, 0.15) is 12.8 Å². The molecular weight excluding hydrogens is 216 g/mol. The second kappa shape index (κ2) is 5.29. The lowest BCUT2D eigenvalue weighted by molar-refractivity contribution is 0.257. The number of aromatic nitrogens is 2. The minimum atomic E-state index is 0.467. The Morgan fingerprint density at radius 3 is 3.06 bits per heavy atom. The summed E-state index contributed by atoms with van der Waals surface area (Å²) in [5.41, 5.74) is 2.48. The number of hydrazine groups is 1. The van der Waals surface area contributed by atoms with Crippen molar-refractivity contribution in [2.45, 2.75) is 18.9 Å². The van der Waals surface area contributed by atoms with Crippen LogP contribution in [0.25, 0.3) is 0 Å². The van der Waals surface area contributed by atoms with E-state index in [0.717, 1.165) is 18.9 Å². The fourth-order valence-corrected chi connectivity index (χ4v) is 2.18. The number of hydrogen-bond donors (Lipinski definition) is 2. The van der Waals surface area contributed by atoms with E-state index in [1.54, 1.807) is 6.20 Å². The van der Waals surface area contributed by atoms with Crippen LogP contribution in [-0.4, -0.2) is 48.1 Å². The molecule has 6 heteroatoms. The molecule has 1 unspecified atom stereocenters. The molecule has 1 fully saturated rings. The zero-order chi connectivity index (χ0) is 12.3. The van der Waals surface area contributed by atoms with Crippen LogP contribution in [-0.2, 0) is 0 Å². The molecule has 0 bridgehead atoms. The van der Waals surface area contributed by atoms with E-state index in [2.05, 4.69) is 39.3 Å². The van der Waals surface area contributed by atoms with Gasteiger partial charge in [-0.2, -0.15) is 4.98 Å². The van der Waals surface area contributed by atoms with Crippen LogP contribution < -0.4 is 16.2 Å². The number of hydrogen-bond acceptors (Lipinski definition) is 6. The molecule has 0 saturated carbocycles. The summed E-state index contributed by atoms with van der Waals surface area (Å²) in [7, 11) is 4.25. The van der Waals surface area contributed by atoms with Crippen molar-refractivity contribution >= 4 is 11.8 Å². The van der Waals surface area contributed by atoms with Crippen LogP contribution in [0.4, 0.5) is 11.8 Å². The second-order valence-corrected chi connectivity index (χ2v) is 4.59. The van der Waals surface area contributed by atoms with Crippen LogP contribution in [0, 0.1) is 0 Å². The number of nitrogens with zero attached hydrogens (tertiary/aromatic N) is 4. The van der Waals surface area contributed by atoms with E-state index in [1.165, 1.54) is 12.8 Å². The summed E-state index contributed by atoms with van der Waals surface area (Å²) in [6, 6.07) is 2.52. The molecule has 0 radical (unpaired) electrons. The maximum absolute atomic E-state index is 5.32. The molecule has 6 nitrogen and oxygen atoms in total.